The van der Waals surface area contributed by atoms with Gasteiger partial charge in [0.15, 0.2) is 0 Å². The first-order chi connectivity index (χ1) is 15.5. The summed E-state index contributed by atoms with van der Waals surface area (Å²) in [6.45, 7) is 0. The van der Waals surface area contributed by atoms with E-state index in [1.807, 2.05) is 0 Å². The van der Waals surface area contributed by atoms with Gasteiger partial charge in [0.25, 0.3) is 15.9 Å². The van der Waals surface area contributed by atoms with Crippen LogP contribution < -0.4 is 24.7 Å². The zero-order chi connectivity index (χ0) is 24.2. The van der Waals surface area contributed by atoms with E-state index in [0.29, 0.717) is 5.56 Å². The molecule has 33 heavy (non-hydrogen) atoms. The molecule has 0 saturated heterocycles. The molecule has 0 atom stereocenters. The van der Waals surface area contributed by atoms with Crippen LogP contribution in [0.3, 0.4) is 0 Å². The van der Waals surface area contributed by atoms with Crippen LogP contribution in [-0.2, 0) is 20.0 Å². The first kappa shape index (κ1) is 24.0. The average Bonchev–Trinajstić information content (AvgIpc) is 2.79. The normalized spacial score (nSPS) is 11.5. The van der Waals surface area contributed by atoms with Gasteiger partial charge in [-0.15, -0.1) is 0 Å². The van der Waals surface area contributed by atoms with Crippen LogP contribution in [0.4, 0.5) is 11.4 Å². The Morgan fingerprint density at radius 1 is 0.788 bits per heavy atom. The summed E-state index contributed by atoms with van der Waals surface area (Å²) in [7, 11) is -5.65. The summed E-state index contributed by atoms with van der Waals surface area (Å²) in [4.78, 5) is 11.8. The number of nitrogens with two attached hydrogens (primary N) is 1. The molecule has 4 N–H and O–H groups in total. The van der Waals surface area contributed by atoms with Gasteiger partial charge in [0, 0.05) is 17.7 Å². The van der Waals surface area contributed by atoms with Crippen molar-refractivity contribution >= 4 is 37.3 Å². The minimum Gasteiger partial charge on any atom is -0.494 e. The third-order valence-electron chi connectivity index (χ3n) is 4.49. The summed E-state index contributed by atoms with van der Waals surface area (Å²) in [5.74, 6) is -0.148. The van der Waals surface area contributed by atoms with Crippen LogP contribution in [-0.4, -0.2) is 37.0 Å². The molecule has 0 aliphatic heterocycles. The lowest BCUT2D eigenvalue weighted by Gasteiger charge is -2.17. The minimum atomic E-state index is -4.23. The third kappa shape index (κ3) is 5.61. The van der Waals surface area contributed by atoms with Crippen LogP contribution in [0.15, 0.2) is 76.5 Å². The van der Waals surface area contributed by atoms with Crippen LogP contribution in [0.5, 0.6) is 11.5 Å². The summed E-state index contributed by atoms with van der Waals surface area (Å²) in [5, 5.41) is 7.79. The predicted octanol–water partition coefficient (Wildman–Crippen LogP) is 2.40. The van der Waals surface area contributed by atoms with Crippen molar-refractivity contribution in [1.29, 1.82) is 0 Å². The van der Waals surface area contributed by atoms with Crippen molar-refractivity contribution in [3.63, 3.8) is 0 Å². The van der Waals surface area contributed by atoms with Crippen LogP contribution in [0.25, 0.3) is 0 Å². The maximum absolute atomic E-state index is 12.9. The van der Waals surface area contributed by atoms with E-state index in [2.05, 4.69) is 10.0 Å². The largest absolute Gasteiger partial charge is 0.494 e. The lowest BCUT2D eigenvalue weighted by molar-refractivity contribution is 0.102. The van der Waals surface area contributed by atoms with Crippen LogP contribution in [0, 0.1) is 0 Å². The Morgan fingerprint density at radius 2 is 1.36 bits per heavy atom. The van der Waals surface area contributed by atoms with Crippen molar-refractivity contribution in [3.05, 3.63) is 72.3 Å². The molecule has 0 aromatic heterocycles. The Morgan fingerprint density at radius 3 is 1.97 bits per heavy atom. The molecule has 0 heterocycles. The van der Waals surface area contributed by atoms with Crippen LogP contribution in [0.1, 0.15) is 10.4 Å². The highest BCUT2D eigenvalue weighted by Gasteiger charge is 2.21. The molecule has 0 spiro atoms. The van der Waals surface area contributed by atoms with Gasteiger partial charge in [0.2, 0.25) is 10.0 Å². The average molecular weight is 492 g/mol. The van der Waals surface area contributed by atoms with Crippen molar-refractivity contribution in [1.82, 2.24) is 0 Å². The highest BCUT2D eigenvalue weighted by molar-refractivity contribution is 7.93. The highest BCUT2D eigenvalue weighted by Crippen LogP contribution is 2.37. The molecule has 174 valence electrons. The topological polar surface area (TPSA) is 154 Å². The number of anilines is 2. The Labute approximate surface area is 191 Å². The lowest BCUT2D eigenvalue weighted by atomic mass is 10.2. The van der Waals surface area contributed by atoms with Gasteiger partial charge in [-0.1, -0.05) is 24.3 Å². The van der Waals surface area contributed by atoms with E-state index in [9.17, 15) is 21.6 Å². The van der Waals surface area contributed by atoms with Crippen molar-refractivity contribution in [2.45, 2.75) is 9.79 Å². The molecule has 3 rings (SSSR count). The fourth-order valence-electron chi connectivity index (χ4n) is 2.88. The standard InChI is InChI=1S/C21H21N3O7S2/c1-30-19-13-18(24-33(28,29)16-10-6-9-15(11-16)32(22,26)27)20(31-2)12-17(19)23-21(25)14-7-4-3-5-8-14/h3-13,24H,1-2H3,(H,23,25)(H2,22,26,27). The number of carbonyl (C=O) groups is 1. The lowest BCUT2D eigenvalue weighted by Crippen LogP contribution is -2.17. The van der Waals surface area contributed by atoms with E-state index < -0.39 is 26.0 Å². The molecule has 0 radical (unpaired) electrons. The Bertz CT molecular complexity index is 1390. The zero-order valence-corrected chi connectivity index (χ0v) is 19.2. The number of benzene rings is 3. The second-order valence-corrected chi connectivity index (χ2v) is 9.94. The Balaban J connectivity index is 1.96. The molecule has 0 unspecified atom stereocenters. The van der Waals surface area contributed by atoms with Crippen molar-refractivity contribution in [3.8, 4) is 11.5 Å². The number of primary sulfonamides is 1. The van der Waals surface area contributed by atoms with E-state index in [1.165, 1.54) is 44.6 Å². The zero-order valence-electron chi connectivity index (χ0n) is 17.6. The van der Waals surface area contributed by atoms with Gasteiger partial charge in [-0.05, 0) is 30.3 Å². The maximum atomic E-state index is 12.9. The van der Waals surface area contributed by atoms with Crippen molar-refractivity contribution in [2.75, 3.05) is 24.3 Å². The second-order valence-electron chi connectivity index (χ2n) is 6.70. The monoisotopic (exact) mass is 491 g/mol. The molecule has 12 heteroatoms. The van der Waals surface area contributed by atoms with Crippen molar-refractivity contribution in [2.24, 2.45) is 5.14 Å². The third-order valence-corrected chi connectivity index (χ3v) is 6.77. The van der Waals surface area contributed by atoms with Gasteiger partial charge in [-0.2, -0.15) is 0 Å². The smallest absolute Gasteiger partial charge is 0.262 e. The fraction of sp³-hybridized carbons (Fsp3) is 0.0952. The molecule has 1 amide bonds. The first-order valence-corrected chi connectivity index (χ1v) is 12.4. The SMILES string of the molecule is COc1cc(NS(=O)(=O)c2cccc(S(N)(=O)=O)c2)c(OC)cc1NC(=O)c1ccccc1. The molecular formula is C21H21N3O7S2. The number of rotatable bonds is 8. The van der Waals surface area contributed by atoms with Crippen molar-refractivity contribution < 1.29 is 31.1 Å². The number of amides is 1. The number of nitrogens with one attached hydrogen (secondary N) is 2. The quantitative estimate of drug-likeness (QED) is 0.437. The number of hydrogen-bond acceptors (Lipinski definition) is 7. The van der Waals surface area contributed by atoms with Gasteiger partial charge >= 0.3 is 0 Å². The number of hydrogen-bond donors (Lipinski definition) is 3. The number of methoxy groups -OCH3 is 2. The maximum Gasteiger partial charge on any atom is 0.262 e. The van der Waals surface area contributed by atoms with Crippen LogP contribution in [0.2, 0.25) is 0 Å². The first-order valence-electron chi connectivity index (χ1n) is 9.33. The van der Waals surface area contributed by atoms with E-state index in [0.717, 1.165) is 6.07 Å². The summed E-state index contributed by atoms with van der Waals surface area (Å²) < 4.78 is 61.8. The van der Waals surface area contributed by atoms with E-state index in [4.69, 9.17) is 14.6 Å². The molecule has 0 saturated carbocycles. The molecule has 0 fully saturated rings. The minimum absolute atomic E-state index is 0.00747. The van der Waals surface area contributed by atoms with E-state index >= 15 is 0 Å². The Hall–Kier alpha value is -3.61. The van der Waals surface area contributed by atoms with Gasteiger partial charge in [-0.25, -0.2) is 22.0 Å². The molecule has 0 bridgehead atoms. The predicted molar refractivity (Wildman–Crippen MR) is 123 cm³/mol. The highest BCUT2D eigenvalue weighted by atomic mass is 32.2. The molecule has 10 nitrogen and oxygen atoms in total. The van der Waals surface area contributed by atoms with Gasteiger partial charge < -0.3 is 14.8 Å². The summed E-state index contributed by atoms with van der Waals surface area (Å²) >= 11 is 0. The van der Waals surface area contributed by atoms with Gasteiger partial charge in [0.1, 0.15) is 11.5 Å². The number of sulfonamides is 2. The molecule has 0 aliphatic rings. The second kappa shape index (κ2) is 9.48. The van der Waals surface area contributed by atoms with Crippen LogP contribution >= 0.6 is 0 Å². The summed E-state index contributed by atoms with van der Waals surface area (Å²) in [6.07, 6.45) is 0. The molecule has 3 aromatic carbocycles. The summed E-state index contributed by atoms with van der Waals surface area (Å²) in [6, 6.07) is 15.8. The number of ether oxygens (including phenoxy) is 2. The fourth-order valence-corrected chi connectivity index (χ4v) is 4.62. The van der Waals surface area contributed by atoms with E-state index in [-0.39, 0.29) is 32.7 Å². The molecule has 3 aromatic rings. The Kier molecular flexibility index (Phi) is 6.91. The molecular weight excluding hydrogens is 470 g/mol. The van der Waals surface area contributed by atoms with Gasteiger partial charge in [0.05, 0.1) is 35.4 Å². The summed E-state index contributed by atoms with van der Waals surface area (Å²) in [5.41, 5.74) is 0.675. The van der Waals surface area contributed by atoms with E-state index in [1.54, 1.807) is 30.3 Å². The molecule has 0 aliphatic carbocycles. The number of carbonyl (C=O) groups excluding carboxylic acids is 1. The van der Waals surface area contributed by atoms with Gasteiger partial charge in [-0.3, -0.25) is 9.52 Å².